The van der Waals surface area contributed by atoms with Crippen molar-refractivity contribution >= 4 is 16.0 Å². The fourth-order valence-electron chi connectivity index (χ4n) is 1.64. The van der Waals surface area contributed by atoms with Crippen molar-refractivity contribution in [1.82, 2.24) is 9.29 Å². The third-order valence-electron chi connectivity index (χ3n) is 2.97. The smallest absolute Gasteiger partial charge is 0.303 e. The number of carboxylic acids is 1. The third-order valence-corrected chi connectivity index (χ3v) is 4.96. The maximum atomic E-state index is 12.0. The van der Waals surface area contributed by atoms with Crippen LogP contribution in [0, 0.1) is 0 Å². The van der Waals surface area contributed by atoms with Gasteiger partial charge in [-0.25, -0.2) is 8.42 Å². The topological polar surface area (TPSA) is 87.6 Å². The first-order valence-corrected chi connectivity index (χ1v) is 7.53. The summed E-state index contributed by atoms with van der Waals surface area (Å²) in [5, 5.41) is 8.52. The molecule has 1 N–H and O–H groups in total. The van der Waals surface area contributed by atoms with Gasteiger partial charge in [0.25, 0.3) is 0 Å². The summed E-state index contributed by atoms with van der Waals surface area (Å²) in [4.78, 5) is 14.3. The van der Waals surface area contributed by atoms with Gasteiger partial charge in [0, 0.05) is 31.9 Å². The molecule has 106 valence electrons. The number of hydrogen-bond acceptors (Lipinski definition) is 4. The van der Waals surface area contributed by atoms with Crippen molar-refractivity contribution in [3.8, 4) is 0 Å². The molecule has 0 aliphatic carbocycles. The Kier molecular flexibility index (Phi) is 5.44. The van der Waals surface area contributed by atoms with Gasteiger partial charge in [0.05, 0.1) is 5.75 Å². The molecule has 6 nitrogen and oxygen atoms in total. The van der Waals surface area contributed by atoms with Crippen LogP contribution in [-0.4, -0.2) is 41.6 Å². The summed E-state index contributed by atoms with van der Waals surface area (Å²) in [6, 6.07) is 3.21. The Morgan fingerprint density at radius 3 is 2.53 bits per heavy atom. The molecule has 1 aromatic heterocycles. The van der Waals surface area contributed by atoms with Crippen LogP contribution in [0.2, 0.25) is 0 Å². The van der Waals surface area contributed by atoms with Crippen LogP contribution in [-0.2, 0) is 14.8 Å². The zero-order valence-electron chi connectivity index (χ0n) is 11.0. The molecule has 0 amide bonds. The Bertz CT molecular complexity index is 516. The minimum Gasteiger partial charge on any atom is -0.481 e. The van der Waals surface area contributed by atoms with Gasteiger partial charge in [-0.1, -0.05) is 0 Å². The number of nitrogens with zero attached hydrogens (tertiary/aromatic N) is 2. The summed E-state index contributed by atoms with van der Waals surface area (Å²) in [5.74, 6) is -1.15. The van der Waals surface area contributed by atoms with Crippen molar-refractivity contribution in [2.24, 2.45) is 0 Å². The second kappa shape index (κ2) is 6.63. The number of carbonyl (C=O) groups is 1. The van der Waals surface area contributed by atoms with Gasteiger partial charge < -0.3 is 5.11 Å². The average Bonchev–Trinajstić information content (AvgIpc) is 2.37. The first kappa shape index (κ1) is 15.6. The standard InChI is InChI=1S/C12H18N2O4S/c1-10(11-5-7-13-8-6-11)14(2)19(17,18)9-3-4-12(15)16/h5-8,10H,3-4,9H2,1-2H3,(H,15,16). The quantitative estimate of drug-likeness (QED) is 0.815. The molecular formula is C12H18N2O4S. The van der Waals surface area contributed by atoms with E-state index >= 15 is 0 Å². The number of aromatic nitrogens is 1. The molecule has 0 aliphatic heterocycles. The molecule has 0 saturated carbocycles. The summed E-state index contributed by atoms with van der Waals surface area (Å²) in [6.07, 6.45) is 3.19. The van der Waals surface area contributed by atoms with Gasteiger partial charge in [-0.05, 0) is 31.0 Å². The molecule has 0 radical (unpaired) electrons. The first-order chi connectivity index (χ1) is 8.84. The summed E-state index contributed by atoms with van der Waals surface area (Å²) in [5.41, 5.74) is 0.847. The van der Waals surface area contributed by atoms with Crippen LogP contribution >= 0.6 is 0 Å². The lowest BCUT2D eigenvalue weighted by Gasteiger charge is -2.24. The van der Waals surface area contributed by atoms with E-state index in [-0.39, 0.29) is 24.6 Å². The Morgan fingerprint density at radius 2 is 2.00 bits per heavy atom. The summed E-state index contributed by atoms with van der Waals surface area (Å²) < 4.78 is 25.4. The van der Waals surface area contributed by atoms with Gasteiger partial charge in [0.2, 0.25) is 10.0 Å². The van der Waals surface area contributed by atoms with E-state index in [2.05, 4.69) is 4.98 Å². The largest absolute Gasteiger partial charge is 0.481 e. The zero-order valence-corrected chi connectivity index (χ0v) is 11.8. The van der Waals surface area contributed by atoms with E-state index in [1.807, 2.05) is 0 Å². The van der Waals surface area contributed by atoms with Crippen LogP contribution in [0.3, 0.4) is 0 Å². The number of rotatable bonds is 7. The van der Waals surface area contributed by atoms with Gasteiger partial charge in [-0.2, -0.15) is 4.31 Å². The van der Waals surface area contributed by atoms with Crippen molar-refractivity contribution in [1.29, 1.82) is 0 Å². The lowest BCUT2D eigenvalue weighted by Crippen LogP contribution is -2.32. The molecule has 1 aromatic rings. The molecule has 7 heteroatoms. The number of carboxylic acid groups (broad SMARTS) is 1. The number of pyridine rings is 1. The molecule has 0 aromatic carbocycles. The van der Waals surface area contributed by atoms with Gasteiger partial charge in [0.15, 0.2) is 0 Å². The van der Waals surface area contributed by atoms with Crippen molar-refractivity contribution in [2.45, 2.75) is 25.8 Å². The summed E-state index contributed by atoms with van der Waals surface area (Å²) in [6.45, 7) is 1.78. The van der Waals surface area contributed by atoms with E-state index in [0.717, 1.165) is 5.56 Å². The molecule has 0 aliphatic rings. The lowest BCUT2D eigenvalue weighted by molar-refractivity contribution is -0.137. The van der Waals surface area contributed by atoms with Crippen molar-refractivity contribution in [3.63, 3.8) is 0 Å². The maximum Gasteiger partial charge on any atom is 0.303 e. The molecule has 0 bridgehead atoms. The lowest BCUT2D eigenvalue weighted by atomic mass is 10.1. The number of hydrogen-bond donors (Lipinski definition) is 1. The first-order valence-electron chi connectivity index (χ1n) is 5.92. The van der Waals surface area contributed by atoms with E-state index in [0.29, 0.717) is 0 Å². The summed E-state index contributed by atoms with van der Waals surface area (Å²) in [7, 11) is -1.95. The molecule has 0 saturated heterocycles. The van der Waals surface area contributed by atoms with Crippen molar-refractivity contribution < 1.29 is 18.3 Å². The second-order valence-electron chi connectivity index (χ2n) is 4.29. The van der Waals surface area contributed by atoms with Gasteiger partial charge in [0.1, 0.15) is 0 Å². The van der Waals surface area contributed by atoms with E-state index in [1.54, 1.807) is 31.5 Å². The Hall–Kier alpha value is -1.47. The van der Waals surface area contributed by atoms with Gasteiger partial charge in [-0.3, -0.25) is 9.78 Å². The maximum absolute atomic E-state index is 12.0. The molecule has 0 spiro atoms. The molecule has 1 heterocycles. The van der Waals surface area contributed by atoms with Crippen LogP contribution in [0.4, 0.5) is 0 Å². The summed E-state index contributed by atoms with van der Waals surface area (Å²) >= 11 is 0. The van der Waals surface area contributed by atoms with Crippen LogP contribution in [0.15, 0.2) is 24.5 Å². The van der Waals surface area contributed by atoms with Crippen LogP contribution in [0.5, 0.6) is 0 Å². The number of sulfonamides is 1. The van der Waals surface area contributed by atoms with E-state index in [4.69, 9.17) is 5.11 Å². The predicted molar refractivity (Wildman–Crippen MR) is 71.1 cm³/mol. The monoisotopic (exact) mass is 286 g/mol. The molecule has 1 atom stereocenters. The second-order valence-corrected chi connectivity index (χ2v) is 6.43. The molecule has 1 rings (SSSR count). The van der Waals surface area contributed by atoms with Crippen LogP contribution in [0.25, 0.3) is 0 Å². The predicted octanol–water partition coefficient (Wildman–Crippen LogP) is 1.27. The SMILES string of the molecule is CC(c1ccncc1)N(C)S(=O)(=O)CCCC(=O)O. The van der Waals surface area contributed by atoms with Gasteiger partial charge in [-0.15, -0.1) is 0 Å². The Morgan fingerprint density at radius 1 is 1.42 bits per heavy atom. The fraction of sp³-hybridized carbons (Fsp3) is 0.500. The Balaban J connectivity index is 2.70. The fourth-order valence-corrected chi connectivity index (χ4v) is 3.04. The third kappa shape index (κ3) is 4.60. The van der Waals surface area contributed by atoms with Crippen LogP contribution < -0.4 is 0 Å². The normalized spacial score (nSPS) is 13.4. The molecular weight excluding hydrogens is 268 g/mol. The highest BCUT2D eigenvalue weighted by atomic mass is 32.2. The van der Waals surface area contributed by atoms with Crippen molar-refractivity contribution in [2.75, 3.05) is 12.8 Å². The minimum absolute atomic E-state index is 0.116. The minimum atomic E-state index is -3.45. The zero-order chi connectivity index (χ0) is 14.5. The highest BCUT2D eigenvalue weighted by molar-refractivity contribution is 7.89. The van der Waals surface area contributed by atoms with Crippen LogP contribution in [0.1, 0.15) is 31.4 Å². The van der Waals surface area contributed by atoms with E-state index in [9.17, 15) is 13.2 Å². The molecule has 1 unspecified atom stereocenters. The number of aliphatic carboxylic acids is 1. The Labute approximate surface area is 113 Å². The highest BCUT2D eigenvalue weighted by Gasteiger charge is 2.24. The highest BCUT2D eigenvalue weighted by Crippen LogP contribution is 2.21. The van der Waals surface area contributed by atoms with Gasteiger partial charge >= 0.3 is 5.97 Å². The van der Waals surface area contributed by atoms with E-state index in [1.165, 1.54) is 11.4 Å². The molecule has 19 heavy (non-hydrogen) atoms. The van der Waals surface area contributed by atoms with E-state index < -0.39 is 16.0 Å². The molecule has 0 fully saturated rings. The average molecular weight is 286 g/mol. The van der Waals surface area contributed by atoms with Crippen molar-refractivity contribution in [3.05, 3.63) is 30.1 Å².